The lowest BCUT2D eigenvalue weighted by Crippen LogP contribution is -2.25. The summed E-state index contributed by atoms with van der Waals surface area (Å²) in [5.41, 5.74) is 3.17. The number of hydrogen-bond acceptors (Lipinski definition) is 8. The standard InChI is InChI=1S/C20H15ClN4O6/c21-12-1-4-15(16(7-12)25(27)28)17-6-3-14(31-17)9-23-24-20(26)10-22-13-2-5-18-19(8-13)30-11-29-18/h1-9,22H,10-11H2,(H,24,26)/b23-9-. The molecule has 3 aromatic rings. The third-order valence-electron chi connectivity index (χ3n) is 4.26. The average Bonchev–Trinajstić information content (AvgIpc) is 3.41. The number of anilines is 1. The molecular formula is C20H15ClN4O6. The smallest absolute Gasteiger partial charge is 0.281 e. The van der Waals surface area contributed by atoms with Crippen LogP contribution in [0.3, 0.4) is 0 Å². The molecule has 2 heterocycles. The molecule has 4 rings (SSSR count). The Labute approximate surface area is 180 Å². The van der Waals surface area contributed by atoms with E-state index in [1.54, 1.807) is 30.3 Å². The van der Waals surface area contributed by atoms with Crippen molar-refractivity contribution in [2.75, 3.05) is 18.7 Å². The van der Waals surface area contributed by atoms with Crippen LogP contribution in [0.25, 0.3) is 11.3 Å². The van der Waals surface area contributed by atoms with Crippen LogP contribution in [0.15, 0.2) is 58.0 Å². The molecule has 2 N–H and O–H groups in total. The number of nitrogens with one attached hydrogen (secondary N) is 2. The maximum absolute atomic E-state index is 12.0. The molecule has 158 valence electrons. The maximum atomic E-state index is 12.0. The van der Waals surface area contributed by atoms with Gasteiger partial charge in [0.1, 0.15) is 11.5 Å². The lowest BCUT2D eigenvalue weighted by molar-refractivity contribution is -0.384. The predicted octanol–water partition coefficient (Wildman–Crippen LogP) is 3.80. The van der Waals surface area contributed by atoms with E-state index < -0.39 is 4.92 Å². The molecule has 1 amide bonds. The Morgan fingerprint density at radius 2 is 2.00 bits per heavy atom. The summed E-state index contributed by atoms with van der Waals surface area (Å²) in [5, 5.41) is 18.3. The minimum absolute atomic E-state index is 0.0165. The normalized spacial score (nSPS) is 12.2. The number of hydrogen-bond donors (Lipinski definition) is 2. The minimum atomic E-state index is -0.537. The topological polar surface area (TPSA) is 128 Å². The number of ether oxygens (including phenoxy) is 2. The Morgan fingerprint density at radius 3 is 2.84 bits per heavy atom. The number of fused-ring (bicyclic) bond motifs is 1. The number of rotatable bonds is 7. The van der Waals surface area contributed by atoms with Crippen LogP contribution in [0.2, 0.25) is 5.02 Å². The van der Waals surface area contributed by atoms with Crippen LogP contribution < -0.4 is 20.2 Å². The van der Waals surface area contributed by atoms with Crippen molar-refractivity contribution < 1.29 is 23.6 Å². The Balaban J connectivity index is 1.33. The summed E-state index contributed by atoms with van der Waals surface area (Å²) in [5.74, 6) is 1.47. The van der Waals surface area contributed by atoms with Gasteiger partial charge >= 0.3 is 0 Å². The highest BCUT2D eigenvalue weighted by molar-refractivity contribution is 6.30. The molecule has 10 nitrogen and oxygen atoms in total. The molecule has 1 aliphatic rings. The zero-order valence-corrected chi connectivity index (χ0v) is 16.6. The van der Waals surface area contributed by atoms with Gasteiger partial charge in [-0.1, -0.05) is 11.6 Å². The first-order valence-corrected chi connectivity index (χ1v) is 9.37. The molecule has 0 bridgehead atoms. The molecule has 0 atom stereocenters. The van der Waals surface area contributed by atoms with Crippen LogP contribution >= 0.6 is 11.6 Å². The third-order valence-corrected chi connectivity index (χ3v) is 4.49. The second-order valence-electron chi connectivity index (χ2n) is 6.34. The van der Waals surface area contributed by atoms with Gasteiger partial charge in [-0.15, -0.1) is 0 Å². The number of halogens is 1. The van der Waals surface area contributed by atoms with Gasteiger partial charge in [0.25, 0.3) is 11.6 Å². The van der Waals surface area contributed by atoms with Crippen molar-refractivity contribution in [2.45, 2.75) is 0 Å². The Kier molecular flexibility index (Phi) is 5.72. The van der Waals surface area contributed by atoms with E-state index >= 15 is 0 Å². The second kappa shape index (κ2) is 8.76. The number of nitro benzene ring substituents is 1. The molecule has 0 aliphatic carbocycles. The molecule has 31 heavy (non-hydrogen) atoms. The number of nitrogens with zero attached hydrogens (tertiary/aromatic N) is 2. The molecule has 1 aliphatic heterocycles. The third kappa shape index (κ3) is 4.75. The Bertz CT molecular complexity index is 1180. The number of carbonyl (C=O) groups excluding carboxylic acids is 1. The number of benzene rings is 2. The molecule has 0 radical (unpaired) electrons. The van der Waals surface area contributed by atoms with Crippen LogP contribution in [-0.2, 0) is 4.79 Å². The van der Waals surface area contributed by atoms with E-state index in [0.29, 0.717) is 22.9 Å². The van der Waals surface area contributed by atoms with Gasteiger partial charge in [-0.25, -0.2) is 5.43 Å². The number of nitro groups is 1. The highest BCUT2D eigenvalue weighted by atomic mass is 35.5. The van der Waals surface area contributed by atoms with Crippen LogP contribution in [0.4, 0.5) is 11.4 Å². The summed E-state index contributed by atoms with van der Waals surface area (Å²) in [6.07, 6.45) is 1.30. The number of carbonyl (C=O) groups is 1. The predicted molar refractivity (Wildman–Crippen MR) is 113 cm³/mol. The maximum Gasteiger partial charge on any atom is 0.281 e. The second-order valence-corrected chi connectivity index (χ2v) is 6.77. The first-order valence-electron chi connectivity index (χ1n) is 8.99. The number of hydrazone groups is 1. The SMILES string of the molecule is O=C(CNc1ccc2c(c1)OCO2)N/N=C\c1ccc(-c2ccc(Cl)cc2[N+](=O)[O-])o1. The quantitative estimate of drug-likeness (QED) is 0.323. The van der Waals surface area contributed by atoms with E-state index in [1.165, 1.54) is 24.4 Å². The minimum Gasteiger partial charge on any atom is -0.455 e. The molecule has 0 saturated carbocycles. The van der Waals surface area contributed by atoms with Crippen molar-refractivity contribution in [3.8, 4) is 22.8 Å². The molecule has 0 unspecified atom stereocenters. The van der Waals surface area contributed by atoms with Crippen molar-refractivity contribution >= 4 is 35.1 Å². The largest absolute Gasteiger partial charge is 0.455 e. The molecule has 0 fully saturated rings. The zero-order chi connectivity index (χ0) is 21.8. The summed E-state index contributed by atoms with van der Waals surface area (Å²) in [6.45, 7) is 0.158. The van der Waals surface area contributed by atoms with Crippen molar-refractivity contribution in [3.63, 3.8) is 0 Å². The van der Waals surface area contributed by atoms with Gasteiger partial charge < -0.3 is 19.2 Å². The summed E-state index contributed by atoms with van der Waals surface area (Å²) < 4.78 is 16.1. The molecule has 11 heteroatoms. The van der Waals surface area contributed by atoms with Crippen LogP contribution in [0, 0.1) is 10.1 Å². The zero-order valence-electron chi connectivity index (χ0n) is 15.8. The Hall–Kier alpha value is -4.05. The fourth-order valence-electron chi connectivity index (χ4n) is 2.83. The van der Waals surface area contributed by atoms with E-state index in [4.69, 9.17) is 25.5 Å². The molecular weight excluding hydrogens is 428 g/mol. The van der Waals surface area contributed by atoms with Gasteiger partial charge in [-0.3, -0.25) is 14.9 Å². The van der Waals surface area contributed by atoms with Crippen molar-refractivity contribution in [2.24, 2.45) is 5.10 Å². The summed E-state index contributed by atoms with van der Waals surface area (Å²) in [4.78, 5) is 22.7. The average molecular weight is 443 g/mol. The lowest BCUT2D eigenvalue weighted by Gasteiger charge is -2.06. The van der Waals surface area contributed by atoms with E-state index in [9.17, 15) is 14.9 Å². The summed E-state index contributed by atoms with van der Waals surface area (Å²) in [6, 6.07) is 12.7. The van der Waals surface area contributed by atoms with Gasteiger partial charge in [-0.2, -0.15) is 5.10 Å². The van der Waals surface area contributed by atoms with E-state index in [0.717, 1.165) is 0 Å². The van der Waals surface area contributed by atoms with Crippen molar-refractivity contribution in [1.29, 1.82) is 0 Å². The van der Waals surface area contributed by atoms with E-state index in [1.807, 2.05) is 0 Å². The number of furan rings is 1. The monoisotopic (exact) mass is 442 g/mol. The van der Waals surface area contributed by atoms with Gasteiger partial charge in [0.05, 0.1) is 23.2 Å². The highest BCUT2D eigenvalue weighted by Crippen LogP contribution is 2.34. The molecule has 0 saturated heterocycles. The van der Waals surface area contributed by atoms with E-state index in [2.05, 4.69) is 15.8 Å². The van der Waals surface area contributed by atoms with Crippen molar-refractivity contribution in [3.05, 3.63) is 69.4 Å². The summed E-state index contributed by atoms with van der Waals surface area (Å²) in [7, 11) is 0. The summed E-state index contributed by atoms with van der Waals surface area (Å²) >= 11 is 5.83. The molecule has 2 aromatic carbocycles. The van der Waals surface area contributed by atoms with Crippen LogP contribution in [-0.4, -0.2) is 30.4 Å². The fraction of sp³-hybridized carbons (Fsp3) is 0.100. The van der Waals surface area contributed by atoms with Gasteiger partial charge in [0.15, 0.2) is 11.5 Å². The van der Waals surface area contributed by atoms with Gasteiger partial charge in [0, 0.05) is 22.8 Å². The molecule has 0 spiro atoms. The van der Waals surface area contributed by atoms with Crippen molar-refractivity contribution in [1.82, 2.24) is 5.43 Å². The first kappa shape index (κ1) is 20.2. The Morgan fingerprint density at radius 1 is 1.16 bits per heavy atom. The first-order chi connectivity index (χ1) is 15.0. The fourth-order valence-corrected chi connectivity index (χ4v) is 2.99. The highest BCUT2D eigenvalue weighted by Gasteiger charge is 2.18. The van der Waals surface area contributed by atoms with Gasteiger partial charge in [0.2, 0.25) is 6.79 Å². The molecule has 1 aromatic heterocycles. The van der Waals surface area contributed by atoms with Crippen LogP contribution in [0.1, 0.15) is 5.76 Å². The van der Waals surface area contributed by atoms with Gasteiger partial charge in [-0.05, 0) is 36.4 Å². The number of amides is 1. The van der Waals surface area contributed by atoms with E-state index in [-0.39, 0.29) is 41.3 Å². The lowest BCUT2D eigenvalue weighted by atomic mass is 10.1. The van der Waals surface area contributed by atoms with Crippen LogP contribution in [0.5, 0.6) is 11.5 Å².